The largest absolute Gasteiger partial charge is 0.337 e. The lowest BCUT2D eigenvalue weighted by atomic mass is 10.1. The molecule has 0 atom stereocenters. The summed E-state index contributed by atoms with van der Waals surface area (Å²) in [5, 5.41) is 15.0. The standard InChI is InChI=1S/C18H17ClN4O2/c1-11-4-2-5-12(8-11)21-18(25)17-16(22-15(24)9-19)13(10-20)14-6-3-7-23(14)17/h2,4-5,8H,3,6-7,9H2,1H3,(H,21,25)(H,22,24). The number of aryl methyl sites for hydroxylation is 1. The van der Waals surface area contributed by atoms with E-state index in [1.54, 1.807) is 6.07 Å². The summed E-state index contributed by atoms with van der Waals surface area (Å²) in [6.45, 7) is 2.57. The van der Waals surface area contributed by atoms with Crippen LogP contribution in [0.15, 0.2) is 24.3 Å². The van der Waals surface area contributed by atoms with Crippen molar-refractivity contribution in [1.29, 1.82) is 5.26 Å². The predicted octanol–water partition coefficient (Wildman–Crippen LogP) is 3.04. The number of nitrogens with one attached hydrogen (secondary N) is 2. The number of hydrogen-bond donors (Lipinski definition) is 2. The Hall–Kier alpha value is -2.78. The van der Waals surface area contributed by atoms with Crippen LogP contribution in [-0.4, -0.2) is 22.3 Å². The Morgan fingerprint density at radius 2 is 2.16 bits per heavy atom. The quantitative estimate of drug-likeness (QED) is 0.825. The van der Waals surface area contributed by atoms with E-state index in [0.717, 1.165) is 17.7 Å². The summed E-state index contributed by atoms with van der Waals surface area (Å²) in [6, 6.07) is 9.55. The third-order valence-electron chi connectivity index (χ3n) is 4.16. The van der Waals surface area contributed by atoms with Crippen LogP contribution in [-0.2, 0) is 17.8 Å². The average Bonchev–Trinajstić information content (AvgIpc) is 3.14. The van der Waals surface area contributed by atoms with Gasteiger partial charge in [0.2, 0.25) is 5.91 Å². The van der Waals surface area contributed by atoms with Crippen LogP contribution in [0.1, 0.15) is 33.7 Å². The Labute approximate surface area is 150 Å². The first-order valence-electron chi connectivity index (χ1n) is 7.94. The van der Waals surface area contributed by atoms with Gasteiger partial charge in [0.1, 0.15) is 17.6 Å². The van der Waals surface area contributed by atoms with E-state index in [0.29, 0.717) is 29.9 Å². The van der Waals surface area contributed by atoms with Gasteiger partial charge in [-0.15, -0.1) is 11.6 Å². The lowest BCUT2D eigenvalue weighted by molar-refractivity contribution is -0.113. The summed E-state index contributed by atoms with van der Waals surface area (Å²) in [7, 11) is 0. The highest BCUT2D eigenvalue weighted by molar-refractivity contribution is 6.29. The van der Waals surface area contributed by atoms with Gasteiger partial charge in [-0.25, -0.2) is 0 Å². The second kappa shape index (κ2) is 6.99. The van der Waals surface area contributed by atoms with Crippen molar-refractivity contribution in [2.45, 2.75) is 26.3 Å². The Morgan fingerprint density at radius 1 is 1.36 bits per heavy atom. The van der Waals surface area contributed by atoms with Gasteiger partial charge in [-0.2, -0.15) is 5.26 Å². The van der Waals surface area contributed by atoms with Gasteiger partial charge >= 0.3 is 0 Å². The zero-order valence-electron chi connectivity index (χ0n) is 13.7. The molecular formula is C18H17ClN4O2. The molecule has 0 saturated heterocycles. The first kappa shape index (κ1) is 17.1. The van der Waals surface area contributed by atoms with E-state index >= 15 is 0 Å². The van der Waals surface area contributed by atoms with Gasteiger partial charge < -0.3 is 15.2 Å². The Morgan fingerprint density at radius 3 is 2.84 bits per heavy atom. The van der Waals surface area contributed by atoms with Crippen LogP contribution in [0.25, 0.3) is 0 Å². The number of rotatable bonds is 4. The summed E-state index contributed by atoms with van der Waals surface area (Å²) in [5.74, 6) is -1.06. The van der Waals surface area contributed by atoms with Crippen LogP contribution in [0.4, 0.5) is 11.4 Å². The van der Waals surface area contributed by atoms with Crippen molar-refractivity contribution >= 4 is 34.8 Å². The molecule has 2 amide bonds. The van der Waals surface area contributed by atoms with Crippen molar-refractivity contribution in [2.24, 2.45) is 0 Å². The highest BCUT2D eigenvalue weighted by atomic mass is 35.5. The summed E-state index contributed by atoms with van der Waals surface area (Å²) >= 11 is 5.57. The minimum atomic E-state index is -0.452. The van der Waals surface area contributed by atoms with E-state index in [9.17, 15) is 14.9 Å². The van der Waals surface area contributed by atoms with Crippen molar-refractivity contribution in [2.75, 3.05) is 16.5 Å². The maximum atomic E-state index is 12.9. The van der Waals surface area contributed by atoms with E-state index < -0.39 is 5.91 Å². The molecule has 0 unspecified atom stereocenters. The minimum Gasteiger partial charge on any atom is -0.337 e. The summed E-state index contributed by atoms with van der Waals surface area (Å²) < 4.78 is 1.81. The fourth-order valence-electron chi connectivity index (χ4n) is 3.14. The summed E-state index contributed by atoms with van der Waals surface area (Å²) in [4.78, 5) is 24.6. The molecule has 3 rings (SSSR count). The SMILES string of the molecule is Cc1cccc(NC(=O)c2c(NC(=O)CCl)c(C#N)c3n2CCC3)c1. The van der Waals surface area contributed by atoms with Crippen molar-refractivity contribution in [3.63, 3.8) is 0 Å². The molecule has 1 aliphatic rings. The molecule has 0 radical (unpaired) electrons. The second-order valence-electron chi connectivity index (χ2n) is 5.92. The molecule has 6 nitrogen and oxygen atoms in total. The fraction of sp³-hybridized carbons (Fsp3) is 0.278. The average molecular weight is 357 g/mol. The van der Waals surface area contributed by atoms with Crippen LogP contribution in [0.2, 0.25) is 0 Å². The van der Waals surface area contributed by atoms with Crippen molar-refractivity contribution in [3.8, 4) is 6.07 Å². The molecule has 0 bridgehead atoms. The number of benzene rings is 1. The molecule has 2 heterocycles. The molecule has 1 aromatic heterocycles. The molecule has 1 aliphatic heterocycles. The zero-order chi connectivity index (χ0) is 18.0. The van der Waals surface area contributed by atoms with Gasteiger partial charge in [-0.05, 0) is 37.5 Å². The molecule has 25 heavy (non-hydrogen) atoms. The topological polar surface area (TPSA) is 86.9 Å². The molecule has 0 saturated carbocycles. The number of amides is 2. The van der Waals surface area contributed by atoms with Crippen LogP contribution in [0.3, 0.4) is 0 Å². The monoisotopic (exact) mass is 356 g/mol. The normalized spacial score (nSPS) is 12.4. The fourth-order valence-corrected chi connectivity index (χ4v) is 3.21. The number of nitrogens with zero attached hydrogens (tertiary/aromatic N) is 2. The third kappa shape index (κ3) is 3.24. The van der Waals surface area contributed by atoms with Crippen LogP contribution >= 0.6 is 11.6 Å². The van der Waals surface area contributed by atoms with Crippen molar-refractivity contribution in [3.05, 3.63) is 46.8 Å². The first-order valence-corrected chi connectivity index (χ1v) is 8.48. The summed E-state index contributed by atoms with van der Waals surface area (Å²) in [5.41, 5.74) is 3.34. The molecule has 0 fully saturated rings. The Kier molecular flexibility index (Phi) is 4.77. The number of carbonyl (C=O) groups is 2. The van der Waals surface area contributed by atoms with Gasteiger partial charge in [-0.3, -0.25) is 9.59 Å². The van der Waals surface area contributed by atoms with Gasteiger partial charge in [-0.1, -0.05) is 12.1 Å². The van der Waals surface area contributed by atoms with Gasteiger partial charge in [0.15, 0.2) is 0 Å². The molecule has 2 aromatic rings. The zero-order valence-corrected chi connectivity index (χ0v) is 14.5. The van der Waals surface area contributed by atoms with Gasteiger partial charge in [0.05, 0.1) is 11.3 Å². The number of fused-ring (bicyclic) bond motifs is 1. The summed E-state index contributed by atoms with van der Waals surface area (Å²) in [6.07, 6.45) is 1.56. The minimum absolute atomic E-state index is 0.244. The van der Waals surface area contributed by atoms with E-state index in [-0.39, 0.29) is 17.5 Å². The molecule has 2 N–H and O–H groups in total. The lowest BCUT2D eigenvalue weighted by Crippen LogP contribution is -2.21. The Balaban J connectivity index is 2.03. The van der Waals surface area contributed by atoms with E-state index in [2.05, 4.69) is 16.7 Å². The van der Waals surface area contributed by atoms with Crippen molar-refractivity contribution < 1.29 is 9.59 Å². The smallest absolute Gasteiger partial charge is 0.274 e. The van der Waals surface area contributed by atoms with Crippen LogP contribution in [0, 0.1) is 18.3 Å². The predicted molar refractivity (Wildman–Crippen MR) is 95.9 cm³/mol. The van der Waals surface area contributed by atoms with E-state index in [4.69, 9.17) is 11.6 Å². The van der Waals surface area contributed by atoms with Gasteiger partial charge in [0, 0.05) is 17.9 Å². The highest BCUT2D eigenvalue weighted by Gasteiger charge is 2.30. The third-order valence-corrected chi connectivity index (χ3v) is 4.40. The Bertz CT molecular complexity index is 895. The number of anilines is 2. The van der Waals surface area contributed by atoms with Crippen molar-refractivity contribution in [1.82, 2.24) is 4.57 Å². The maximum absolute atomic E-state index is 12.9. The molecule has 0 aliphatic carbocycles. The van der Waals surface area contributed by atoms with E-state index in [1.807, 2.05) is 29.7 Å². The highest BCUT2D eigenvalue weighted by Crippen LogP contribution is 2.33. The number of nitriles is 1. The molecule has 1 aromatic carbocycles. The maximum Gasteiger partial charge on any atom is 0.274 e. The van der Waals surface area contributed by atoms with Crippen LogP contribution < -0.4 is 10.6 Å². The first-order chi connectivity index (χ1) is 12.0. The number of carbonyl (C=O) groups excluding carboxylic acids is 2. The number of halogens is 1. The molecular weight excluding hydrogens is 340 g/mol. The number of aromatic nitrogens is 1. The molecule has 7 heteroatoms. The molecule has 128 valence electrons. The number of alkyl halides is 1. The van der Waals surface area contributed by atoms with Gasteiger partial charge in [0.25, 0.3) is 5.91 Å². The molecule has 0 spiro atoms. The van der Waals surface area contributed by atoms with E-state index in [1.165, 1.54) is 0 Å². The second-order valence-corrected chi connectivity index (χ2v) is 6.18. The number of hydrogen-bond acceptors (Lipinski definition) is 3. The lowest BCUT2D eigenvalue weighted by Gasteiger charge is -2.11. The van der Waals surface area contributed by atoms with Crippen LogP contribution in [0.5, 0.6) is 0 Å².